The number of ketones is 2. The number of hydrogen-bond donors (Lipinski definition) is 0. The van der Waals surface area contributed by atoms with E-state index >= 15 is 0 Å². The Labute approximate surface area is 107 Å². The van der Waals surface area contributed by atoms with E-state index in [-0.39, 0.29) is 17.5 Å². The molecule has 0 saturated heterocycles. The summed E-state index contributed by atoms with van der Waals surface area (Å²) in [5.74, 6) is 0.106. The van der Waals surface area contributed by atoms with Crippen LogP contribution in [-0.2, 0) is 16.0 Å². The average Bonchev–Trinajstić information content (AvgIpc) is 2.52. The van der Waals surface area contributed by atoms with E-state index in [1.165, 1.54) is 5.56 Å². The maximum Gasteiger partial charge on any atom is 0.153 e. The van der Waals surface area contributed by atoms with Crippen LogP contribution < -0.4 is 0 Å². The molecule has 1 aromatic rings. The van der Waals surface area contributed by atoms with Crippen molar-refractivity contribution in [2.24, 2.45) is 11.3 Å². The minimum atomic E-state index is -0.717. The molecule has 92 valence electrons. The van der Waals surface area contributed by atoms with Crippen molar-refractivity contribution in [2.75, 3.05) is 0 Å². The maximum absolute atomic E-state index is 12.3. The normalized spacial score (nSPS) is 30.5. The van der Waals surface area contributed by atoms with Crippen LogP contribution in [0.4, 0.5) is 0 Å². The number of carbonyl (C=O) groups excluding carboxylic acids is 2. The van der Waals surface area contributed by atoms with Gasteiger partial charge in [-0.15, -0.1) is 0 Å². The SMILES string of the molecule is CC12CC=C(Cc3ccccc3)C(CC1=O)C2=O. The number of allylic oxidation sites excluding steroid dienone is 2. The van der Waals surface area contributed by atoms with E-state index in [1.54, 1.807) is 6.92 Å². The Kier molecular flexibility index (Phi) is 2.47. The fourth-order valence-electron chi connectivity index (χ4n) is 3.04. The van der Waals surface area contributed by atoms with Gasteiger partial charge < -0.3 is 0 Å². The molecule has 2 aliphatic carbocycles. The number of fused-ring (bicyclic) bond motifs is 2. The van der Waals surface area contributed by atoms with E-state index in [1.807, 2.05) is 18.2 Å². The fourth-order valence-corrected chi connectivity index (χ4v) is 3.04. The van der Waals surface area contributed by atoms with E-state index in [2.05, 4.69) is 18.2 Å². The van der Waals surface area contributed by atoms with Gasteiger partial charge in [0.2, 0.25) is 0 Å². The van der Waals surface area contributed by atoms with Crippen molar-refractivity contribution in [3.63, 3.8) is 0 Å². The van der Waals surface area contributed by atoms with Crippen LogP contribution in [0.5, 0.6) is 0 Å². The summed E-state index contributed by atoms with van der Waals surface area (Å²) in [6.45, 7) is 1.80. The first-order chi connectivity index (χ1) is 8.61. The number of carbonyl (C=O) groups is 2. The Morgan fingerprint density at radius 1 is 1.22 bits per heavy atom. The summed E-state index contributed by atoms with van der Waals surface area (Å²) in [5, 5.41) is 0. The molecular formula is C16H16O2. The highest BCUT2D eigenvalue weighted by Crippen LogP contribution is 2.46. The van der Waals surface area contributed by atoms with Crippen molar-refractivity contribution in [1.29, 1.82) is 0 Å². The van der Waals surface area contributed by atoms with Gasteiger partial charge in [-0.1, -0.05) is 42.0 Å². The van der Waals surface area contributed by atoms with E-state index in [0.29, 0.717) is 12.8 Å². The summed E-state index contributed by atoms with van der Waals surface area (Å²) >= 11 is 0. The Balaban J connectivity index is 1.88. The molecule has 2 atom stereocenters. The highest BCUT2D eigenvalue weighted by Gasteiger charge is 2.53. The van der Waals surface area contributed by atoms with Gasteiger partial charge in [0, 0.05) is 12.3 Å². The smallest absolute Gasteiger partial charge is 0.153 e. The number of hydrogen-bond acceptors (Lipinski definition) is 2. The Morgan fingerprint density at radius 3 is 2.67 bits per heavy atom. The lowest BCUT2D eigenvalue weighted by molar-refractivity contribution is -0.134. The molecular weight excluding hydrogens is 224 g/mol. The van der Waals surface area contributed by atoms with Gasteiger partial charge in [-0.05, 0) is 25.3 Å². The van der Waals surface area contributed by atoms with Crippen LogP contribution in [0.15, 0.2) is 42.0 Å². The first-order valence-corrected chi connectivity index (χ1v) is 6.42. The van der Waals surface area contributed by atoms with Crippen LogP contribution in [0, 0.1) is 11.3 Å². The van der Waals surface area contributed by atoms with Crippen molar-refractivity contribution >= 4 is 11.6 Å². The number of Topliss-reactive ketones (excluding diaryl/α,β-unsaturated/α-hetero) is 2. The lowest BCUT2D eigenvalue weighted by atomic mass is 9.75. The molecule has 0 radical (unpaired) electrons. The molecule has 0 aliphatic heterocycles. The molecule has 1 aromatic carbocycles. The van der Waals surface area contributed by atoms with Gasteiger partial charge in [-0.3, -0.25) is 9.59 Å². The number of rotatable bonds is 2. The van der Waals surface area contributed by atoms with Crippen LogP contribution in [0.1, 0.15) is 25.3 Å². The van der Waals surface area contributed by atoms with Gasteiger partial charge in [0.1, 0.15) is 5.78 Å². The molecule has 18 heavy (non-hydrogen) atoms. The summed E-state index contributed by atoms with van der Waals surface area (Å²) in [4.78, 5) is 24.2. The first kappa shape index (κ1) is 11.4. The van der Waals surface area contributed by atoms with Gasteiger partial charge in [0.05, 0.1) is 5.41 Å². The summed E-state index contributed by atoms with van der Waals surface area (Å²) in [6, 6.07) is 10.1. The molecule has 1 fully saturated rings. The second-order valence-corrected chi connectivity index (χ2v) is 5.52. The van der Waals surface area contributed by atoms with Crippen LogP contribution in [0.2, 0.25) is 0 Å². The Morgan fingerprint density at radius 2 is 1.94 bits per heavy atom. The van der Waals surface area contributed by atoms with Crippen LogP contribution in [0.3, 0.4) is 0 Å². The van der Waals surface area contributed by atoms with E-state index in [4.69, 9.17) is 0 Å². The Hall–Kier alpha value is -1.70. The van der Waals surface area contributed by atoms with Crippen LogP contribution >= 0.6 is 0 Å². The van der Waals surface area contributed by atoms with Crippen molar-refractivity contribution < 1.29 is 9.59 Å². The standard InChI is InChI=1S/C16H16O2/c1-16-8-7-12(9-11-5-3-2-4-6-11)13(15(16)18)10-14(16)17/h2-7,13H,8-10H2,1H3. The van der Waals surface area contributed by atoms with Crippen LogP contribution in [-0.4, -0.2) is 11.6 Å². The second kappa shape index (κ2) is 3.91. The molecule has 0 amide bonds. The molecule has 2 heteroatoms. The monoisotopic (exact) mass is 240 g/mol. The van der Waals surface area contributed by atoms with Gasteiger partial charge in [-0.2, -0.15) is 0 Å². The van der Waals surface area contributed by atoms with Gasteiger partial charge in [0.15, 0.2) is 5.78 Å². The maximum atomic E-state index is 12.3. The molecule has 0 heterocycles. The first-order valence-electron chi connectivity index (χ1n) is 6.42. The second-order valence-electron chi connectivity index (χ2n) is 5.52. The zero-order valence-corrected chi connectivity index (χ0v) is 10.5. The summed E-state index contributed by atoms with van der Waals surface area (Å²) in [7, 11) is 0. The van der Waals surface area contributed by atoms with Gasteiger partial charge in [-0.25, -0.2) is 0 Å². The fraction of sp³-hybridized carbons (Fsp3) is 0.375. The largest absolute Gasteiger partial charge is 0.299 e. The quantitative estimate of drug-likeness (QED) is 0.588. The Bertz CT molecular complexity index is 541. The van der Waals surface area contributed by atoms with Gasteiger partial charge >= 0.3 is 0 Å². The lowest BCUT2D eigenvalue weighted by Gasteiger charge is -2.25. The molecule has 1 saturated carbocycles. The molecule has 2 unspecified atom stereocenters. The summed E-state index contributed by atoms with van der Waals surface area (Å²) < 4.78 is 0. The van der Waals surface area contributed by atoms with E-state index in [0.717, 1.165) is 12.0 Å². The summed E-state index contributed by atoms with van der Waals surface area (Å²) in [6.07, 6.45) is 3.90. The zero-order valence-electron chi connectivity index (χ0n) is 10.5. The van der Waals surface area contributed by atoms with Crippen molar-refractivity contribution in [1.82, 2.24) is 0 Å². The minimum absolute atomic E-state index is 0.122. The van der Waals surface area contributed by atoms with Gasteiger partial charge in [0.25, 0.3) is 0 Å². The van der Waals surface area contributed by atoms with Crippen molar-refractivity contribution in [2.45, 2.75) is 26.2 Å². The van der Waals surface area contributed by atoms with E-state index < -0.39 is 5.41 Å². The molecule has 0 aromatic heterocycles. The molecule has 2 bridgehead atoms. The van der Waals surface area contributed by atoms with Crippen LogP contribution in [0.25, 0.3) is 0 Å². The summed E-state index contributed by atoms with van der Waals surface area (Å²) in [5.41, 5.74) is 1.62. The third-order valence-corrected chi connectivity index (χ3v) is 4.34. The molecule has 2 nitrogen and oxygen atoms in total. The lowest BCUT2D eigenvalue weighted by Crippen LogP contribution is -2.33. The molecule has 3 rings (SSSR count). The third-order valence-electron chi connectivity index (χ3n) is 4.34. The molecule has 0 spiro atoms. The zero-order chi connectivity index (χ0) is 12.8. The van der Waals surface area contributed by atoms with Crippen molar-refractivity contribution in [3.05, 3.63) is 47.5 Å². The average molecular weight is 240 g/mol. The highest BCUT2D eigenvalue weighted by molar-refractivity contribution is 6.15. The third kappa shape index (κ3) is 1.56. The molecule has 0 N–H and O–H groups in total. The predicted molar refractivity (Wildman–Crippen MR) is 69.1 cm³/mol. The predicted octanol–water partition coefficient (Wildman–Crippen LogP) is 2.72. The van der Waals surface area contributed by atoms with E-state index in [9.17, 15) is 9.59 Å². The minimum Gasteiger partial charge on any atom is -0.299 e. The molecule has 2 aliphatic rings. The number of benzene rings is 1. The highest BCUT2D eigenvalue weighted by atomic mass is 16.2. The van der Waals surface area contributed by atoms with Crippen molar-refractivity contribution in [3.8, 4) is 0 Å². The topological polar surface area (TPSA) is 34.1 Å².